The average molecular weight is 695 g/mol. The molecule has 0 radical (unpaired) electrons. The highest BCUT2D eigenvalue weighted by Gasteiger charge is 2.70. The van der Waals surface area contributed by atoms with Crippen molar-refractivity contribution in [2.45, 2.75) is 150 Å². The van der Waals surface area contributed by atoms with Crippen LogP contribution in [0, 0.1) is 57.7 Å². The van der Waals surface area contributed by atoms with Gasteiger partial charge < -0.3 is 33.2 Å². The first-order valence-corrected chi connectivity index (χ1v) is 20.3. The van der Waals surface area contributed by atoms with Crippen LogP contribution in [-0.2, 0) is 33.2 Å². The van der Waals surface area contributed by atoms with Crippen molar-refractivity contribution in [3.63, 3.8) is 0 Å². The zero-order valence-electron chi connectivity index (χ0n) is 30.7. The predicted octanol–water partition coefficient (Wildman–Crippen LogP) is 8.22. The Morgan fingerprint density at radius 1 is 0.915 bits per heavy atom. The fourth-order valence-corrected chi connectivity index (χ4v) is 12.8. The van der Waals surface area contributed by atoms with E-state index in [0.717, 1.165) is 19.3 Å². The van der Waals surface area contributed by atoms with Crippen molar-refractivity contribution in [2.75, 3.05) is 26.1 Å². The van der Waals surface area contributed by atoms with E-state index in [1.807, 2.05) is 6.26 Å². The van der Waals surface area contributed by atoms with Crippen LogP contribution in [0.15, 0.2) is 0 Å². The van der Waals surface area contributed by atoms with Crippen LogP contribution < -0.4 is 0 Å². The second kappa shape index (κ2) is 12.3. The maximum atomic E-state index is 6.75. The molecule has 0 aromatic rings. The molecule has 7 fully saturated rings. The van der Waals surface area contributed by atoms with E-state index in [-0.39, 0.29) is 52.9 Å². The molecule has 3 saturated heterocycles. The summed E-state index contributed by atoms with van der Waals surface area (Å²) in [5.41, 5.74) is 0.248. The molecule has 0 aromatic heterocycles. The molecule has 0 amide bonds. The monoisotopic (exact) mass is 694 g/mol. The van der Waals surface area contributed by atoms with Gasteiger partial charge in [-0.3, -0.25) is 0 Å². The SMILES string of the molecule is CSC(=S)OCC(C)(C)[C@H](C)[C@H]1OC(C)O[C@@H]1[C@@H](C)[C@H]1CC[C@H]2[C@@H]3CC4(OCCO4)[C@H]4C[C@@H]5OC(C)(C)O[C@@H]5C[C@]4(C)[C@H]3CC[C@]12C. The van der Waals surface area contributed by atoms with E-state index in [0.29, 0.717) is 59.7 Å². The summed E-state index contributed by atoms with van der Waals surface area (Å²) < 4.78 is 46.4. The number of rotatable bonds is 6. The minimum atomic E-state index is -0.522. The van der Waals surface area contributed by atoms with Gasteiger partial charge in [-0.1, -0.05) is 53.3 Å². The van der Waals surface area contributed by atoms with Crippen molar-refractivity contribution in [1.29, 1.82) is 0 Å². The van der Waals surface area contributed by atoms with Gasteiger partial charge >= 0.3 is 0 Å². The van der Waals surface area contributed by atoms with E-state index in [9.17, 15) is 0 Å². The maximum absolute atomic E-state index is 6.75. The van der Waals surface area contributed by atoms with Gasteiger partial charge in [0.25, 0.3) is 0 Å². The topological polar surface area (TPSA) is 64.6 Å². The molecule has 3 heterocycles. The summed E-state index contributed by atoms with van der Waals surface area (Å²) in [4.78, 5) is 0. The summed E-state index contributed by atoms with van der Waals surface area (Å²) in [5, 5.41) is 0. The quantitative estimate of drug-likeness (QED) is 0.256. The van der Waals surface area contributed by atoms with Crippen molar-refractivity contribution < 1.29 is 33.2 Å². The smallest absolute Gasteiger partial charge is 0.219 e. The number of thiocarbonyl (C=S) groups is 1. The lowest BCUT2D eigenvalue weighted by atomic mass is 9.42. The Kier molecular flexibility index (Phi) is 9.27. The summed E-state index contributed by atoms with van der Waals surface area (Å²) in [5.74, 6) is 2.43. The Hall–Kier alpha value is -0.0000000000000000971. The van der Waals surface area contributed by atoms with Gasteiger partial charge in [0.05, 0.1) is 44.2 Å². The molecule has 1 spiro atoms. The Morgan fingerprint density at radius 2 is 1.57 bits per heavy atom. The zero-order valence-corrected chi connectivity index (χ0v) is 32.3. The van der Waals surface area contributed by atoms with E-state index in [2.05, 4.69) is 62.3 Å². The van der Waals surface area contributed by atoms with Gasteiger partial charge in [-0.2, -0.15) is 0 Å². The molecular formula is C38H62O7S2. The van der Waals surface area contributed by atoms with E-state index >= 15 is 0 Å². The number of thioether (sulfide) groups is 1. The number of hydrogen-bond donors (Lipinski definition) is 0. The second-order valence-corrected chi connectivity index (χ2v) is 19.6. The van der Waals surface area contributed by atoms with Crippen LogP contribution in [0.25, 0.3) is 0 Å². The van der Waals surface area contributed by atoms with Crippen LogP contribution in [0.3, 0.4) is 0 Å². The molecule has 268 valence electrons. The third-order valence-corrected chi connectivity index (χ3v) is 16.1. The molecule has 7 rings (SSSR count). The number of fused-ring (bicyclic) bond motifs is 7. The Balaban J connectivity index is 1.13. The van der Waals surface area contributed by atoms with Gasteiger partial charge in [0.2, 0.25) is 4.38 Å². The first-order valence-electron chi connectivity index (χ1n) is 18.7. The van der Waals surface area contributed by atoms with Crippen molar-refractivity contribution in [1.82, 2.24) is 0 Å². The summed E-state index contributed by atoms with van der Waals surface area (Å²) in [7, 11) is 0. The van der Waals surface area contributed by atoms with Gasteiger partial charge in [-0.05, 0) is 124 Å². The van der Waals surface area contributed by atoms with Crippen molar-refractivity contribution in [3.05, 3.63) is 0 Å². The van der Waals surface area contributed by atoms with Crippen LogP contribution in [0.4, 0.5) is 0 Å². The molecule has 1 unspecified atom stereocenters. The van der Waals surface area contributed by atoms with Crippen molar-refractivity contribution in [2.24, 2.45) is 57.7 Å². The summed E-state index contributed by atoms with van der Waals surface area (Å²) >= 11 is 6.86. The van der Waals surface area contributed by atoms with Crippen molar-refractivity contribution >= 4 is 28.4 Å². The molecule has 0 N–H and O–H groups in total. The second-order valence-electron chi connectivity index (χ2n) is 18.2. The van der Waals surface area contributed by atoms with Crippen LogP contribution in [0.1, 0.15) is 107 Å². The van der Waals surface area contributed by atoms with Gasteiger partial charge in [0.1, 0.15) is 0 Å². The molecule has 9 heteroatoms. The van der Waals surface area contributed by atoms with E-state index in [1.165, 1.54) is 37.4 Å². The van der Waals surface area contributed by atoms with Crippen LogP contribution in [-0.4, -0.2) is 72.7 Å². The molecular weight excluding hydrogens is 633 g/mol. The minimum Gasteiger partial charge on any atom is -0.478 e. The lowest BCUT2D eigenvalue weighted by Gasteiger charge is -2.65. The molecule has 4 aliphatic carbocycles. The molecule has 47 heavy (non-hydrogen) atoms. The fraction of sp³-hybridized carbons (Fsp3) is 0.974. The van der Waals surface area contributed by atoms with Gasteiger partial charge in [0.15, 0.2) is 17.9 Å². The molecule has 7 aliphatic rings. The normalized spacial score (nSPS) is 48.0. The molecule has 7 nitrogen and oxygen atoms in total. The van der Waals surface area contributed by atoms with Gasteiger partial charge in [0, 0.05) is 17.8 Å². The summed E-state index contributed by atoms with van der Waals surface area (Å²) in [6.45, 7) is 22.7. The van der Waals surface area contributed by atoms with Crippen molar-refractivity contribution in [3.8, 4) is 0 Å². The molecule has 4 saturated carbocycles. The van der Waals surface area contributed by atoms with Crippen LogP contribution in [0.5, 0.6) is 0 Å². The summed E-state index contributed by atoms with van der Waals surface area (Å²) in [6, 6.07) is 0. The van der Waals surface area contributed by atoms with Crippen LogP contribution in [0.2, 0.25) is 0 Å². The standard InChI is InChI=1S/C38H62O7S2/c1-21(31-32(43-23(3)42-31)22(2)34(4,5)20-39-33(46)47-10)25-11-12-26-24-18-38(40-15-16-41-38)30-17-28-29(45-35(6,7)44-28)19-37(30,9)27(24)13-14-36(25,26)8/h21-32H,11-20H2,1-10H3/t21-,22+,23?,24-,25+,26-,27-,28-,29+,30-,31+,32+,36+,37+/m0/s1. The van der Waals surface area contributed by atoms with Gasteiger partial charge in [-0.15, -0.1) is 0 Å². The van der Waals surface area contributed by atoms with E-state index in [4.69, 9.17) is 45.4 Å². The van der Waals surface area contributed by atoms with Gasteiger partial charge in [-0.25, -0.2) is 0 Å². The Bertz CT molecular complexity index is 1190. The van der Waals surface area contributed by atoms with Crippen LogP contribution >= 0.6 is 24.0 Å². The first-order chi connectivity index (χ1) is 22.0. The Morgan fingerprint density at radius 3 is 2.28 bits per heavy atom. The maximum Gasteiger partial charge on any atom is 0.219 e. The zero-order chi connectivity index (χ0) is 33.7. The average Bonchev–Trinajstić information content (AvgIpc) is 3.78. The predicted molar refractivity (Wildman–Crippen MR) is 188 cm³/mol. The van der Waals surface area contributed by atoms with E-state index in [1.54, 1.807) is 0 Å². The molecule has 14 atom stereocenters. The number of ether oxygens (including phenoxy) is 7. The third-order valence-electron chi connectivity index (χ3n) is 15.0. The lowest BCUT2D eigenvalue weighted by molar-refractivity contribution is -0.301. The largest absolute Gasteiger partial charge is 0.478 e. The summed E-state index contributed by atoms with van der Waals surface area (Å²) in [6.07, 6.45) is 10.2. The highest BCUT2D eigenvalue weighted by molar-refractivity contribution is 8.22. The minimum absolute atomic E-state index is 0.0198. The third kappa shape index (κ3) is 5.79. The molecule has 0 aromatic carbocycles. The fourth-order valence-electron chi connectivity index (χ4n) is 12.6. The molecule has 3 aliphatic heterocycles. The number of hydrogen-bond acceptors (Lipinski definition) is 9. The van der Waals surface area contributed by atoms with E-state index < -0.39 is 11.6 Å². The first kappa shape index (κ1) is 35.4. The highest BCUT2D eigenvalue weighted by atomic mass is 32.2. The molecule has 0 bridgehead atoms. The Labute approximate surface area is 293 Å². The highest BCUT2D eigenvalue weighted by Crippen LogP contribution is 2.71. The lowest BCUT2D eigenvalue weighted by Crippen LogP contribution is -2.65.